The molecule has 0 spiro atoms. The van der Waals surface area contributed by atoms with Crippen LogP contribution in [0.5, 0.6) is 0 Å². The summed E-state index contributed by atoms with van der Waals surface area (Å²) < 4.78 is 10.2. The first-order valence-electron chi connectivity index (χ1n) is 5.43. The quantitative estimate of drug-likeness (QED) is 0.746. The van der Waals surface area contributed by atoms with Crippen LogP contribution in [0.4, 0.5) is 0 Å². The fraction of sp³-hybridized carbons (Fsp3) is 0.417. The molecule has 5 heteroatoms. The fourth-order valence-electron chi connectivity index (χ4n) is 1.66. The lowest BCUT2D eigenvalue weighted by Gasteiger charge is -2.08. The van der Waals surface area contributed by atoms with E-state index in [4.69, 9.17) is 9.26 Å². The molecule has 0 bridgehead atoms. The zero-order chi connectivity index (χ0) is 12.6. The number of rotatable bonds is 2. The Labute approximate surface area is 98.8 Å². The van der Waals surface area contributed by atoms with Crippen LogP contribution in [0.15, 0.2) is 10.6 Å². The highest BCUT2D eigenvalue weighted by molar-refractivity contribution is 6.03. The number of carbonyl (C=O) groups is 1. The fourth-order valence-corrected chi connectivity index (χ4v) is 1.66. The van der Waals surface area contributed by atoms with Crippen LogP contribution in [0.1, 0.15) is 35.6 Å². The van der Waals surface area contributed by atoms with Crippen LogP contribution in [-0.4, -0.2) is 22.2 Å². The number of hydrogen-bond acceptors (Lipinski definition) is 5. The van der Waals surface area contributed by atoms with E-state index in [9.17, 15) is 4.79 Å². The Morgan fingerprint density at radius 2 is 2.12 bits per heavy atom. The summed E-state index contributed by atoms with van der Waals surface area (Å²) in [6.07, 6.45) is -0.161. The molecule has 2 rings (SSSR count). The summed E-state index contributed by atoms with van der Waals surface area (Å²) >= 11 is 0. The van der Waals surface area contributed by atoms with Gasteiger partial charge in [-0.3, -0.25) is 0 Å². The highest BCUT2D eigenvalue weighted by Crippen LogP contribution is 2.22. The highest BCUT2D eigenvalue weighted by Gasteiger charge is 2.19. The van der Waals surface area contributed by atoms with E-state index in [-0.39, 0.29) is 12.1 Å². The van der Waals surface area contributed by atoms with Crippen molar-refractivity contribution >= 4 is 17.1 Å². The molecule has 0 aliphatic carbocycles. The zero-order valence-corrected chi connectivity index (χ0v) is 10.3. The zero-order valence-electron chi connectivity index (χ0n) is 10.3. The van der Waals surface area contributed by atoms with E-state index in [1.54, 1.807) is 19.9 Å². The molecule has 0 aliphatic rings. The Morgan fingerprint density at radius 3 is 2.76 bits per heavy atom. The maximum absolute atomic E-state index is 12.0. The summed E-state index contributed by atoms with van der Waals surface area (Å²) in [6, 6.07) is 1.69. The molecule has 0 saturated heterocycles. The van der Waals surface area contributed by atoms with Gasteiger partial charge in [-0.2, -0.15) is 0 Å². The predicted octanol–water partition coefficient (Wildman–Crippen LogP) is 2.40. The van der Waals surface area contributed by atoms with Crippen LogP contribution < -0.4 is 0 Å². The van der Waals surface area contributed by atoms with Crippen LogP contribution in [0.2, 0.25) is 0 Å². The van der Waals surface area contributed by atoms with Crippen molar-refractivity contribution in [2.24, 2.45) is 0 Å². The number of hydrogen-bond donors (Lipinski definition) is 0. The molecule has 0 fully saturated rings. The van der Waals surface area contributed by atoms with Crippen molar-refractivity contribution in [3.05, 3.63) is 23.0 Å². The lowest BCUT2D eigenvalue weighted by atomic mass is 10.1. The minimum atomic E-state index is -0.373. The number of nitrogens with zero attached hydrogens (tertiary/aromatic N) is 2. The van der Waals surface area contributed by atoms with Gasteiger partial charge >= 0.3 is 5.97 Å². The second-order valence-electron chi connectivity index (χ2n) is 4.21. The lowest BCUT2D eigenvalue weighted by Crippen LogP contribution is -2.12. The molecular formula is C12H14N2O3. The van der Waals surface area contributed by atoms with Gasteiger partial charge in [-0.1, -0.05) is 5.16 Å². The Bertz CT molecular complexity index is 572. The molecule has 5 nitrogen and oxygen atoms in total. The van der Waals surface area contributed by atoms with Gasteiger partial charge in [0.15, 0.2) is 0 Å². The number of ether oxygens (including phenoxy) is 1. The summed E-state index contributed by atoms with van der Waals surface area (Å²) in [4.78, 5) is 16.1. The average Bonchev–Trinajstić information content (AvgIpc) is 2.58. The first kappa shape index (κ1) is 11.6. The molecule has 0 N–H and O–H groups in total. The van der Waals surface area contributed by atoms with Crippen LogP contribution in [0.25, 0.3) is 11.1 Å². The molecule has 90 valence electrons. The standard InChI is InChI=1S/C12H14N2O3/c1-6(2)16-12(15)9-5-7(3)13-11-10(9)8(4)14-17-11/h5-6H,1-4H3. The Hall–Kier alpha value is -1.91. The van der Waals surface area contributed by atoms with Crippen molar-refractivity contribution in [2.75, 3.05) is 0 Å². The molecule has 0 saturated carbocycles. The number of aromatic nitrogens is 2. The van der Waals surface area contributed by atoms with E-state index in [0.717, 1.165) is 0 Å². The van der Waals surface area contributed by atoms with Gasteiger partial charge in [0.2, 0.25) is 0 Å². The molecular weight excluding hydrogens is 220 g/mol. The number of fused-ring (bicyclic) bond motifs is 1. The smallest absolute Gasteiger partial charge is 0.339 e. The van der Waals surface area contributed by atoms with Crippen molar-refractivity contribution in [2.45, 2.75) is 33.8 Å². The lowest BCUT2D eigenvalue weighted by molar-refractivity contribution is 0.0380. The molecule has 2 heterocycles. The summed E-state index contributed by atoms with van der Waals surface area (Å²) in [7, 11) is 0. The number of carbonyl (C=O) groups excluding carboxylic acids is 1. The molecule has 0 radical (unpaired) electrons. The molecule has 0 aromatic carbocycles. The molecule has 2 aromatic rings. The first-order valence-corrected chi connectivity index (χ1v) is 5.43. The SMILES string of the molecule is Cc1cc(C(=O)OC(C)C)c2c(C)noc2n1. The number of esters is 1. The van der Waals surface area contributed by atoms with Crippen molar-refractivity contribution in [1.29, 1.82) is 0 Å². The maximum Gasteiger partial charge on any atom is 0.339 e. The Balaban J connectivity index is 2.58. The minimum absolute atomic E-state index is 0.161. The first-order chi connectivity index (χ1) is 7.99. The van der Waals surface area contributed by atoms with E-state index in [2.05, 4.69) is 10.1 Å². The molecule has 17 heavy (non-hydrogen) atoms. The highest BCUT2D eigenvalue weighted by atomic mass is 16.5. The summed E-state index contributed by atoms with van der Waals surface area (Å²) in [6.45, 7) is 7.19. The Kier molecular flexibility index (Phi) is 2.83. The van der Waals surface area contributed by atoms with E-state index in [1.807, 2.05) is 13.8 Å². The van der Waals surface area contributed by atoms with Crippen molar-refractivity contribution in [3.63, 3.8) is 0 Å². The monoisotopic (exact) mass is 234 g/mol. The van der Waals surface area contributed by atoms with Crippen LogP contribution in [-0.2, 0) is 4.74 Å². The van der Waals surface area contributed by atoms with Gasteiger partial charge in [0.25, 0.3) is 5.71 Å². The largest absolute Gasteiger partial charge is 0.459 e. The molecule has 0 aliphatic heterocycles. The van der Waals surface area contributed by atoms with Crippen LogP contribution in [0.3, 0.4) is 0 Å². The predicted molar refractivity (Wildman–Crippen MR) is 61.8 cm³/mol. The third-order valence-corrected chi connectivity index (χ3v) is 2.31. The van der Waals surface area contributed by atoms with Gasteiger partial charge in [0, 0.05) is 5.69 Å². The Morgan fingerprint density at radius 1 is 1.41 bits per heavy atom. The third-order valence-electron chi connectivity index (χ3n) is 2.31. The van der Waals surface area contributed by atoms with Gasteiger partial charge < -0.3 is 9.26 Å². The van der Waals surface area contributed by atoms with E-state index in [0.29, 0.717) is 28.1 Å². The maximum atomic E-state index is 12.0. The van der Waals surface area contributed by atoms with Gasteiger partial charge in [0.1, 0.15) is 0 Å². The summed E-state index contributed by atoms with van der Waals surface area (Å²) in [5.74, 6) is -0.373. The topological polar surface area (TPSA) is 65.2 Å². The van der Waals surface area contributed by atoms with Crippen molar-refractivity contribution in [3.8, 4) is 0 Å². The summed E-state index contributed by atoms with van der Waals surface area (Å²) in [5.41, 5.74) is 2.17. The number of aryl methyl sites for hydroxylation is 2. The molecule has 0 atom stereocenters. The molecule has 0 amide bonds. The van der Waals surface area contributed by atoms with Crippen LogP contribution in [0, 0.1) is 13.8 Å². The van der Waals surface area contributed by atoms with E-state index < -0.39 is 0 Å². The number of pyridine rings is 1. The molecule has 0 unspecified atom stereocenters. The third kappa shape index (κ3) is 2.13. The van der Waals surface area contributed by atoms with Gasteiger partial charge in [0.05, 0.1) is 22.7 Å². The van der Waals surface area contributed by atoms with Crippen LogP contribution >= 0.6 is 0 Å². The second kappa shape index (κ2) is 4.16. The van der Waals surface area contributed by atoms with E-state index in [1.165, 1.54) is 0 Å². The van der Waals surface area contributed by atoms with Gasteiger partial charge in [-0.15, -0.1) is 0 Å². The summed E-state index contributed by atoms with van der Waals surface area (Å²) in [5, 5.41) is 4.44. The minimum Gasteiger partial charge on any atom is -0.459 e. The second-order valence-corrected chi connectivity index (χ2v) is 4.21. The van der Waals surface area contributed by atoms with Gasteiger partial charge in [-0.05, 0) is 33.8 Å². The molecule has 2 aromatic heterocycles. The van der Waals surface area contributed by atoms with Crippen molar-refractivity contribution < 1.29 is 14.1 Å². The normalized spacial score (nSPS) is 11.1. The van der Waals surface area contributed by atoms with Gasteiger partial charge in [-0.25, -0.2) is 9.78 Å². The van der Waals surface area contributed by atoms with Crippen molar-refractivity contribution in [1.82, 2.24) is 10.1 Å². The average molecular weight is 234 g/mol. The van der Waals surface area contributed by atoms with E-state index >= 15 is 0 Å².